The first-order chi connectivity index (χ1) is 6.63. The number of carbonyl (C=O) groups is 1. The Bertz CT molecular complexity index is 306. The minimum atomic E-state index is -0.210. The van der Waals surface area contributed by atoms with Crippen LogP contribution in [0, 0.1) is 0 Å². The van der Waals surface area contributed by atoms with Gasteiger partial charge in [-0.3, -0.25) is 4.79 Å². The van der Waals surface area contributed by atoms with Gasteiger partial charge >= 0.3 is 0 Å². The second-order valence-electron chi connectivity index (χ2n) is 3.29. The van der Waals surface area contributed by atoms with E-state index in [1.165, 1.54) is 0 Å². The average molecular weight is 193 g/mol. The molecule has 0 aliphatic heterocycles. The third-order valence-corrected chi connectivity index (χ3v) is 2.05. The summed E-state index contributed by atoms with van der Waals surface area (Å²) in [6.07, 6.45) is 0.381. The monoisotopic (exact) mass is 193 g/mol. The summed E-state index contributed by atoms with van der Waals surface area (Å²) in [5.41, 5.74) is 6.79. The van der Waals surface area contributed by atoms with Gasteiger partial charge in [-0.05, 0) is 24.6 Å². The van der Waals surface area contributed by atoms with E-state index >= 15 is 0 Å². The molecule has 0 radical (unpaired) electrons. The van der Waals surface area contributed by atoms with Crippen LogP contribution in [-0.4, -0.2) is 12.9 Å². The lowest BCUT2D eigenvalue weighted by Gasteiger charge is -2.10. The van der Waals surface area contributed by atoms with Crippen molar-refractivity contribution in [2.45, 2.75) is 19.4 Å². The van der Waals surface area contributed by atoms with E-state index in [0.717, 1.165) is 11.3 Å². The first-order valence-corrected chi connectivity index (χ1v) is 4.52. The lowest BCUT2D eigenvalue weighted by Crippen LogP contribution is -2.13. The maximum atomic E-state index is 10.8. The number of hydrogen-bond acceptors (Lipinski definition) is 3. The predicted molar refractivity (Wildman–Crippen MR) is 55.2 cm³/mol. The number of Topliss-reactive ketones (excluding diaryl/α,β-unsaturated/α-hetero) is 1. The summed E-state index contributed by atoms with van der Waals surface area (Å²) in [6, 6.07) is 7.24. The summed E-state index contributed by atoms with van der Waals surface area (Å²) in [7, 11) is 1.62. The number of nitrogens with two attached hydrogens (primary N) is 1. The Morgan fingerprint density at radius 2 is 2.00 bits per heavy atom. The Morgan fingerprint density at radius 1 is 1.43 bits per heavy atom. The number of methoxy groups -OCH3 is 1. The minimum Gasteiger partial charge on any atom is -0.497 e. The van der Waals surface area contributed by atoms with Gasteiger partial charge in [-0.1, -0.05) is 12.1 Å². The van der Waals surface area contributed by atoms with E-state index < -0.39 is 0 Å². The van der Waals surface area contributed by atoms with E-state index in [4.69, 9.17) is 10.5 Å². The van der Waals surface area contributed by atoms with Crippen LogP contribution in [-0.2, 0) is 4.79 Å². The zero-order valence-electron chi connectivity index (χ0n) is 8.49. The van der Waals surface area contributed by atoms with Crippen molar-refractivity contribution in [2.75, 3.05) is 7.11 Å². The summed E-state index contributed by atoms with van der Waals surface area (Å²) in [4.78, 5) is 10.8. The fourth-order valence-electron chi connectivity index (χ4n) is 1.28. The number of benzene rings is 1. The van der Waals surface area contributed by atoms with Crippen molar-refractivity contribution in [3.8, 4) is 5.75 Å². The molecule has 0 fully saturated rings. The van der Waals surface area contributed by atoms with Crippen molar-refractivity contribution >= 4 is 5.78 Å². The van der Waals surface area contributed by atoms with Crippen molar-refractivity contribution in [1.29, 1.82) is 0 Å². The van der Waals surface area contributed by atoms with E-state index in [1.807, 2.05) is 24.3 Å². The van der Waals surface area contributed by atoms with E-state index in [9.17, 15) is 4.79 Å². The number of ether oxygens (including phenoxy) is 1. The van der Waals surface area contributed by atoms with Crippen LogP contribution in [0.2, 0.25) is 0 Å². The Labute approximate surface area is 83.9 Å². The number of ketones is 1. The van der Waals surface area contributed by atoms with Gasteiger partial charge in [0.15, 0.2) is 0 Å². The average Bonchev–Trinajstić information content (AvgIpc) is 2.17. The van der Waals surface area contributed by atoms with Gasteiger partial charge in [-0.2, -0.15) is 0 Å². The quantitative estimate of drug-likeness (QED) is 0.791. The first-order valence-electron chi connectivity index (χ1n) is 4.52. The van der Waals surface area contributed by atoms with Crippen LogP contribution in [0.4, 0.5) is 0 Å². The molecule has 0 aliphatic carbocycles. The molecule has 14 heavy (non-hydrogen) atoms. The van der Waals surface area contributed by atoms with Gasteiger partial charge < -0.3 is 10.5 Å². The van der Waals surface area contributed by atoms with Gasteiger partial charge in [0.25, 0.3) is 0 Å². The van der Waals surface area contributed by atoms with E-state index in [1.54, 1.807) is 14.0 Å². The smallest absolute Gasteiger partial charge is 0.131 e. The maximum absolute atomic E-state index is 10.8. The third kappa shape index (κ3) is 2.85. The van der Waals surface area contributed by atoms with Crippen LogP contribution in [0.3, 0.4) is 0 Å². The first kappa shape index (κ1) is 10.7. The Balaban J connectivity index is 2.71. The van der Waals surface area contributed by atoms with Gasteiger partial charge in [-0.15, -0.1) is 0 Å². The highest BCUT2D eigenvalue weighted by atomic mass is 16.5. The lowest BCUT2D eigenvalue weighted by atomic mass is 10.0. The second kappa shape index (κ2) is 4.77. The number of rotatable bonds is 4. The fraction of sp³-hybridized carbons (Fsp3) is 0.364. The topological polar surface area (TPSA) is 52.3 Å². The normalized spacial score (nSPS) is 12.2. The maximum Gasteiger partial charge on any atom is 0.131 e. The molecule has 0 amide bonds. The zero-order valence-corrected chi connectivity index (χ0v) is 8.49. The molecule has 2 N–H and O–H groups in total. The van der Waals surface area contributed by atoms with Crippen LogP contribution >= 0.6 is 0 Å². The van der Waals surface area contributed by atoms with Gasteiger partial charge in [0.1, 0.15) is 11.5 Å². The molecule has 1 aromatic rings. The molecule has 0 aliphatic rings. The van der Waals surface area contributed by atoms with Gasteiger partial charge in [0.05, 0.1) is 7.11 Å². The molecule has 1 aromatic carbocycles. The van der Waals surface area contributed by atoms with Crippen LogP contribution in [0.25, 0.3) is 0 Å². The van der Waals surface area contributed by atoms with Crippen LogP contribution in [0.5, 0.6) is 5.75 Å². The third-order valence-electron chi connectivity index (χ3n) is 2.05. The minimum absolute atomic E-state index is 0.105. The highest BCUT2D eigenvalue weighted by Crippen LogP contribution is 2.18. The van der Waals surface area contributed by atoms with Crippen molar-refractivity contribution < 1.29 is 9.53 Å². The molecule has 0 heterocycles. The van der Waals surface area contributed by atoms with Crippen LogP contribution < -0.4 is 10.5 Å². The summed E-state index contributed by atoms with van der Waals surface area (Å²) in [5, 5.41) is 0. The van der Waals surface area contributed by atoms with E-state index in [0.29, 0.717) is 6.42 Å². The summed E-state index contributed by atoms with van der Waals surface area (Å²) in [5.74, 6) is 0.900. The lowest BCUT2D eigenvalue weighted by molar-refractivity contribution is -0.117. The summed E-state index contributed by atoms with van der Waals surface area (Å²) >= 11 is 0. The summed E-state index contributed by atoms with van der Waals surface area (Å²) in [6.45, 7) is 1.55. The Kier molecular flexibility index (Phi) is 3.65. The van der Waals surface area contributed by atoms with E-state index in [-0.39, 0.29) is 11.8 Å². The SMILES string of the molecule is COc1ccc(C(N)CC(C)=O)cc1. The predicted octanol–water partition coefficient (Wildman–Crippen LogP) is 1.67. The fourth-order valence-corrected chi connectivity index (χ4v) is 1.28. The van der Waals surface area contributed by atoms with Crippen molar-refractivity contribution in [1.82, 2.24) is 0 Å². The second-order valence-corrected chi connectivity index (χ2v) is 3.29. The van der Waals surface area contributed by atoms with E-state index in [2.05, 4.69) is 0 Å². The van der Waals surface area contributed by atoms with Crippen molar-refractivity contribution in [3.63, 3.8) is 0 Å². The molecule has 0 saturated heterocycles. The van der Waals surface area contributed by atoms with Gasteiger partial charge in [-0.25, -0.2) is 0 Å². The van der Waals surface area contributed by atoms with Crippen molar-refractivity contribution in [2.24, 2.45) is 5.73 Å². The highest BCUT2D eigenvalue weighted by Gasteiger charge is 2.08. The molecule has 0 aromatic heterocycles. The Morgan fingerprint density at radius 3 is 2.43 bits per heavy atom. The molecule has 3 heteroatoms. The van der Waals surface area contributed by atoms with Gasteiger partial charge in [0.2, 0.25) is 0 Å². The van der Waals surface area contributed by atoms with Crippen LogP contribution in [0.1, 0.15) is 24.9 Å². The molecular weight excluding hydrogens is 178 g/mol. The molecular formula is C11H15NO2. The molecule has 3 nitrogen and oxygen atoms in total. The molecule has 0 saturated carbocycles. The summed E-state index contributed by atoms with van der Waals surface area (Å²) < 4.78 is 5.02. The zero-order chi connectivity index (χ0) is 10.6. The standard InChI is InChI=1S/C11H15NO2/c1-8(13)7-11(12)9-3-5-10(14-2)6-4-9/h3-6,11H,7,12H2,1-2H3. The number of hydrogen-bond donors (Lipinski definition) is 1. The Hall–Kier alpha value is -1.35. The molecule has 76 valence electrons. The largest absolute Gasteiger partial charge is 0.497 e. The highest BCUT2D eigenvalue weighted by molar-refractivity contribution is 5.76. The van der Waals surface area contributed by atoms with Crippen molar-refractivity contribution in [3.05, 3.63) is 29.8 Å². The van der Waals surface area contributed by atoms with Gasteiger partial charge in [0, 0.05) is 12.5 Å². The molecule has 0 spiro atoms. The molecule has 1 rings (SSSR count). The molecule has 0 bridgehead atoms. The molecule has 1 atom stereocenters. The van der Waals surface area contributed by atoms with Crippen LogP contribution in [0.15, 0.2) is 24.3 Å². The molecule has 1 unspecified atom stereocenters. The number of carbonyl (C=O) groups excluding carboxylic acids is 1.